The highest BCUT2D eigenvalue weighted by atomic mass is 16.5. The highest BCUT2D eigenvalue weighted by Gasteiger charge is 2.52. The number of hydrogen-bond donors (Lipinski definition) is 1. The number of aryl methyl sites for hydroxylation is 2. The molecule has 0 radical (unpaired) electrons. The van der Waals surface area contributed by atoms with Crippen LogP contribution in [0.5, 0.6) is 0 Å². The van der Waals surface area contributed by atoms with Crippen LogP contribution in [0.15, 0.2) is 42.6 Å². The number of likely N-dealkylation sites (tertiary alicyclic amines) is 1. The fourth-order valence-corrected chi connectivity index (χ4v) is 5.35. The predicted molar refractivity (Wildman–Crippen MR) is 131 cm³/mol. The van der Waals surface area contributed by atoms with Crippen molar-refractivity contribution in [3.8, 4) is 0 Å². The number of aromatic nitrogens is 3. The molecule has 2 aromatic heterocycles. The van der Waals surface area contributed by atoms with E-state index in [4.69, 9.17) is 9.72 Å². The molecule has 1 saturated heterocycles. The molecule has 5 heteroatoms. The highest BCUT2D eigenvalue weighted by Crippen LogP contribution is 2.49. The number of fused-ring (bicyclic) bond motifs is 1. The maximum absolute atomic E-state index is 6.38. The molecule has 172 valence electrons. The normalized spacial score (nSPS) is 20.3. The van der Waals surface area contributed by atoms with Gasteiger partial charge >= 0.3 is 0 Å². The fourth-order valence-electron chi connectivity index (χ4n) is 5.35. The van der Waals surface area contributed by atoms with E-state index in [1.807, 2.05) is 19.2 Å². The van der Waals surface area contributed by atoms with Crippen molar-refractivity contribution in [2.75, 3.05) is 19.7 Å². The van der Waals surface area contributed by atoms with Crippen molar-refractivity contribution in [2.45, 2.75) is 71.9 Å². The molecule has 1 aliphatic heterocycles. The first-order valence-electron chi connectivity index (χ1n) is 11.9. The van der Waals surface area contributed by atoms with Gasteiger partial charge < -0.3 is 9.72 Å². The van der Waals surface area contributed by atoms with Crippen molar-refractivity contribution in [3.05, 3.63) is 59.7 Å². The standard InChI is InChI=1S/C27H38N4O/c1-7-32-26(5,6)27(15-14-24-29-22-10-8-9-11-23(22)30-24)16-17-31(19-27)25(3,4)21-13-12-20(2)28-18-21/h8-13,18H,7,14-17,19H2,1-6H3,(H,29,30)/t27-/m0/s1. The SMILES string of the molecule is CCOC(C)(C)[C@@]1(CCc2nc3ccccc3[nH]2)CCN(C(C)(C)c2ccc(C)nc2)C1. The zero-order valence-corrected chi connectivity index (χ0v) is 20.5. The Bertz CT molecular complexity index is 1020. The average molecular weight is 435 g/mol. The third-order valence-corrected chi connectivity index (χ3v) is 7.82. The van der Waals surface area contributed by atoms with Gasteiger partial charge in [0.2, 0.25) is 0 Å². The summed E-state index contributed by atoms with van der Waals surface area (Å²) in [6, 6.07) is 12.6. The lowest BCUT2D eigenvalue weighted by atomic mass is 9.69. The minimum Gasteiger partial charge on any atom is -0.375 e. The summed E-state index contributed by atoms with van der Waals surface area (Å²) in [5.41, 5.74) is 4.24. The summed E-state index contributed by atoms with van der Waals surface area (Å²) in [5, 5.41) is 0. The quantitative estimate of drug-likeness (QED) is 0.498. The first-order valence-corrected chi connectivity index (χ1v) is 11.9. The number of ether oxygens (including phenoxy) is 1. The Labute approximate surface area is 192 Å². The van der Waals surface area contributed by atoms with Gasteiger partial charge in [-0.15, -0.1) is 0 Å². The molecular weight excluding hydrogens is 396 g/mol. The van der Waals surface area contributed by atoms with E-state index < -0.39 is 0 Å². The number of rotatable bonds is 8. The van der Waals surface area contributed by atoms with E-state index in [2.05, 4.69) is 79.8 Å². The van der Waals surface area contributed by atoms with Gasteiger partial charge in [-0.3, -0.25) is 9.88 Å². The Morgan fingerprint density at radius 3 is 2.59 bits per heavy atom. The van der Waals surface area contributed by atoms with Crippen LogP contribution in [0.4, 0.5) is 0 Å². The largest absolute Gasteiger partial charge is 0.375 e. The Balaban J connectivity index is 1.58. The van der Waals surface area contributed by atoms with Crippen molar-refractivity contribution in [1.29, 1.82) is 0 Å². The smallest absolute Gasteiger partial charge is 0.107 e. The third kappa shape index (κ3) is 4.20. The van der Waals surface area contributed by atoms with Crippen LogP contribution < -0.4 is 0 Å². The fraction of sp³-hybridized carbons (Fsp3) is 0.556. The van der Waals surface area contributed by atoms with Crippen LogP contribution >= 0.6 is 0 Å². The minimum atomic E-state index is -0.218. The van der Waals surface area contributed by atoms with E-state index >= 15 is 0 Å². The van der Waals surface area contributed by atoms with Gasteiger partial charge in [0.25, 0.3) is 0 Å². The number of benzene rings is 1. The lowest BCUT2D eigenvalue weighted by Crippen LogP contribution is -2.50. The molecule has 0 unspecified atom stereocenters. The van der Waals surface area contributed by atoms with E-state index in [1.54, 1.807) is 0 Å². The summed E-state index contributed by atoms with van der Waals surface area (Å²) >= 11 is 0. The number of imidazole rings is 1. The van der Waals surface area contributed by atoms with Crippen LogP contribution in [0.1, 0.15) is 64.5 Å². The van der Waals surface area contributed by atoms with E-state index in [0.717, 1.165) is 61.5 Å². The van der Waals surface area contributed by atoms with E-state index in [-0.39, 0.29) is 16.6 Å². The first kappa shape index (κ1) is 22.9. The molecule has 0 spiro atoms. The van der Waals surface area contributed by atoms with Gasteiger partial charge in [-0.2, -0.15) is 0 Å². The van der Waals surface area contributed by atoms with Crippen molar-refractivity contribution in [1.82, 2.24) is 19.9 Å². The molecule has 1 aliphatic rings. The molecule has 1 fully saturated rings. The molecule has 5 nitrogen and oxygen atoms in total. The molecule has 32 heavy (non-hydrogen) atoms. The summed E-state index contributed by atoms with van der Waals surface area (Å²) in [6.45, 7) is 16.1. The molecule has 0 saturated carbocycles. The Kier molecular flexibility index (Phi) is 6.17. The van der Waals surface area contributed by atoms with Crippen LogP contribution in [-0.4, -0.2) is 45.1 Å². The Morgan fingerprint density at radius 2 is 1.91 bits per heavy atom. The number of pyridine rings is 1. The number of hydrogen-bond acceptors (Lipinski definition) is 4. The average Bonchev–Trinajstić information content (AvgIpc) is 3.38. The second kappa shape index (κ2) is 8.60. The minimum absolute atomic E-state index is 0.0530. The Hall–Kier alpha value is -2.24. The second-order valence-corrected chi connectivity index (χ2v) is 10.3. The molecule has 3 aromatic rings. The molecule has 0 bridgehead atoms. The lowest BCUT2D eigenvalue weighted by Gasteiger charge is -2.45. The zero-order valence-electron chi connectivity index (χ0n) is 20.5. The van der Waals surface area contributed by atoms with Gasteiger partial charge in [-0.05, 0) is 84.7 Å². The highest BCUT2D eigenvalue weighted by molar-refractivity contribution is 5.74. The maximum Gasteiger partial charge on any atom is 0.107 e. The number of nitrogens with zero attached hydrogens (tertiary/aromatic N) is 3. The van der Waals surface area contributed by atoms with Crippen molar-refractivity contribution in [3.63, 3.8) is 0 Å². The number of para-hydroxylation sites is 2. The summed E-state index contributed by atoms with van der Waals surface area (Å²) in [4.78, 5) is 15.5. The molecule has 1 atom stereocenters. The Morgan fingerprint density at radius 1 is 1.12 bits per heavy atom. The summed E-state index contributed by atoms with van der Waals surface area (Å²) in [7, 11) is 0. The monoisotopic (exact) mass is 434 g/mol. The summed E-state index contributed by atoms with van der Waals surface area (Å²) < 4.78 is 6.38. The van der Waals surface area contributed by atoms with E-state index in [1.165, 1.54) is 5.56 Å². The van der Waals surface area contributed by atoms with Gasteiger partial charge in [0.1, 0.15) is 5.82 Å². The lowest BCUT2D eigenvalue weighted by molar-refractivity contribution is -0.109. The number of H-pyrrole nitrogens is 1. The molecule has 0 aliphatic carbocycles. The number of nitrogens with one attached hydrogen (secondary N) is 1. The molecule has 0 amide bonds. The van der Waals surface area contributed by atoms with Crippen LogP contribution in [0.25, 0.3) is 11.0 Å². The molecule has 1 aromatic carbocycles. The van der Waals surface area contributed by atoms with Gasteiger partial charge in [0, 0.05) is 42.4 Å². The molecular formula is C27H38N4O. The third-order valence-electron chi connectivity index (χ3n) is 7.82. The zero-order chi connectivity index (χ0) is 23.0. The summed E-state index contributed by atoms with van der Waals surface area (Å²) in [6.07, 6.45) is 5.12. The molecule has 1 N–H and O–H groups in total. The maximum atomic E-state index is 6.38. The van der Waals surface area contributed by atoms with Crippen LogP contribution in [0, 0.1) is 12.3 Å². The van der Waals surface area contributed by atoms with E-state index in [0.29, 0.717) is 0 Å². The van der Waals surface area contributed by atoms with Crippen molar-refractivity contribution in [2.24, 2.45) is 5.41 Å². The predicted octanol–water partition coefficient (Wildman–Crippen LogP) is 5.64. The topological polar surface area (TPSA) is 54.0 Å². The van der Waals surface area contributed by atoms with Gasteiger partial charge in [-0.1, -0.05) is 18.2 Å². The van der Waals surface area contributed by atoms with Gasteiger partial charge in [0.05, 0.1) is 16.6 Å². The van der Waals surface area contributed by atoms with Crippen LogP contribution in [-0.2, 0) is 16.7 Å². The molecule has 3 heterocycles. The number of aromatic amines is 1. The van der Waals surface area contributed by atoms with Crippen molar-refractivity contribution >= 4 is 11.0 Å². The van der Waals surface area contributed by atoms with Gasteiger partial charge in [0.15, 0.2) is 0 Å². The van der Waals surface area contributed by atoms with Gasteiger partial charge in [-0.25, -0.2) is 4.98 Å². The second-order valence-electron chi connectivity index (χ2n) is 10.3. The first-order chi connectivity index (χ1) is 15.2. The van der Waals surface area contributed by atoms with Crippen molar-refractivity contribution < 1.29 is 4.74 Å². The van der Waals surface area contributed by atoms with E-state index in [9.17, 15) is 0 Å². The van der Waals surface area contributed by atoms with Crippen LogP contribution in [0.3, 0.4) is 0 Å². The molecule has 4 rings (SSSR count). The van der Waals surface area contributed by atoms with Crippen LogP contribution in [0.2, 0.25) is 0 Å². The summed E-state index contributed by atoms with van der Waals surface area (Å²) in [5.74, 6) is 1.07.